The van der Waals surface area contributed by atoms with Crippen LogP contribution in [0.3, 0.4) is 0 Å². The highest BCUT2D eigenvalue weighted by atomic mass is 32.2. The van der Waals surface area contributed by atoms with Crippen molar-refractivity contribution in [3.63, 3.8) is 0 Å². The first-order valence-corrected chi connectivity index (χ1v) is 11.0. The smallest absolute Gasteiger partial charge is 0.242 e. The zero-order valence-electron chi connectivity index (χ0n) is 17.2. The van der Waals surface area contributed by atoms with E-state index < -0.39 is 22.0 Å². The maximum absolute atomic E-state index is 12.5. The molecule has 0 saturated heterocycles. The van der Waals surface area contributed by atoms with Gasteiger partial charge in [-0.15, -0.1) is 0 Å². The van der Waals surface area contributed by atoms with Crippen molar-refractivity contribution >= 4 is 33.2 Å². The van der Waals surface area contributed by atoms with Crippen LogP contribution in [0.4, 0.5) is 11.4 Å². The molecule has 1 atom stereocenters. The van der Waals surface area contributed by atoms with Crippen LogP contribution in [-0.4, -0.2) is 32.9 Å². The van der Waals surface area contributed by atoms with E-state index in [1.54, 1.807) is 24.3 Å². The number of benzene rings is 2. The fraction of sp³-hybridized carbons (Fsp3) is 0.286. The standard InChI is InChI=1S/C21H24N4O5S/c1-15(25-31(28,29)20-10-8-17(9-11-20)23-16(2)26)21(27)24-18-6-5-7-19(14-18)30-13-4-3-12-22/h5-11,14-15,25H,3-4,13H2,1-2H3,(H,23,26)(H,24,27)/t15-/m0/s1. The highest BCUT2D eigenvalue weighted by molar-refractivity contribution is 7.89. The Morgan fingerprint density at radius 1 is 1.10 bits per heavy atom. The molecule has 0 aromatic heterocycles. The van der Waals surface area contributed by atoms with Gasteiger partial charge in [0.05, 0.1) is 23.6 Å². The van der Waals surface area contributed by atoms with Crippen LogP contribution < -0.4 is 20.1 Å². The summed E-state index contributed by atoms with van der Waals surface area (Å²) in [7, 11) is -3.94. The number of carbonyl (C=O) groups excluding carboxylic acids is 2. The number of hydrogen-bond donors (Lipinski definition) is 3. The molecule has 0 fully saturated rings. The van der Waals surface area contributed by atoms with Gasteiger partial charge in [0.15, 0.2) is 0 Å². The minimum absolute atomic E-state index is 0.0333. The number of nitriles is 1. The number of nitrogens with one attached hydrogen (secondary N) is 3. The predicted octanol–water partition coefficient (Wildman–Crippen LogP) is 2.63. The van der Waals surface area contributed by atoms with Gasteiger partial charge in [-0.2, -0.15) is 9.98 Å². The third kappa shape index (κ3) is 7.73. The van der Waals surface area contributed by atoms with Crippen LogP contribution >= 0.6 is 0 Å². The molecule has 0 aliphatic rings. The number of ether oxygens (including phenoxy) is 1. The molecular weight excluding hydrogens is 420 g/mol. The average molecular weight is 445 g/mol. The Bertz CT molecular complexity index is 1060. The van der Waals surface area contributed by atoms with Crippen LogP contribution in [0, 0.1) is 11.3 Å². The molecule has 0 aliphatic heterocycles. The minimum Gasteiger partial charge on any atom is -0.493 e. The average Bonchev–Trinajstić information content (AvgIpc) is 2.71. The van der Waals surface area contributed by atoms with Gasteiger partial charge in [-0.25, -0.2) is 8.42 Å². The molecular formula is C21H24N4O5S. The third-order valence-electron chi connectivity index (χ3n) is 4.01. The number of amides is 2. The highest BCUT2D eigenvalue weighted by Gasteiger charge is 2.22. The minimum atomic E-state index is -3.94. The summed E-state index contributed by atoms with van der Waals surface area (Å²) in [5.41, 5.74) is 0.917. The lowest BCUT2D eigenvalue weighted by Crippen LogP contribution is -2.41. The second kappa shape index (κ2) is 11.1. The quantitative estimate of drug-likeness (QED) is 0.482. The zero-order valence-corrected chi connectivity index (χ0v) is 18.0. The van der Waals surface area contributed by atoms with Crippen molar-refractivity contribution in [1.29, 1.82) is 5.26 Å². The normalized spacial score (nSPS) is 11.8. The number of hydrogen-bond acceptors (Lipinski definition) is 6. The predicted molar refractivity (Wildman–Crippen MR) is 116 cm³/mol. The Morgan fingerprint density at radius 3 is 2.45 bits per heavy atom. The zero-order chi connectivity index (χ0) is 22.9. The maximum Gasteiger partial charge on any atom is 0.242 e. The second-order valence-electron chi connectivity index (χ2n) is 6.68. The van der Waals surface area contributed by atoms with Crippen molar-refractivity contribution in [3.8, 4) is 11.8 Å². The molecule has 164 valence electrons. The Balaban J connectivity index is 1.97. The summed E-state index contributed by atoms with van der Waals surface area (Å²) in [4.78, 5) is 23.5. The van der Waals surface area contributed by atoms with Crippen LogP contribution in [0.5, 0.6) is 5.75 Å². The number of anilines is 2. The number of unbranched alkanes of at least 4 members (excludes halogenated alkanes) is 1. The molecule has 0 heterocycles. The Morgan fingerprint density at radius 2 is 1.81 bits per heavy atom. The molecule has 9 nitrogen and oxygen atoms in total. The first kappa shape index (κ1) is 23.9. The maximum atomic E-state index is 12.5. The summed E-state index contributed by atoms with van der Waals surface area (Å²) in [5.74, 6) is -0.279. The lowest BCUT2D eigenvalue weighted by molar-refractivity contribution is -0.117. The number of sulfonamides is 1. The molecule has 2 rings (SSSR count). The van der Waals surface area contributed by atoms with Crippen LogP contribution in [0.2, 0.25) is 0 Å². The first-order chi connectivity index (χ1) is 14.7. The van der Waals surface area contributed by atoms with Crippen LogP contribution in [0.25, 0.3) is 0 Å². The van der Waals surface area contributed by atoms with Gasteiger partial charge in [-0.3, -0.25) is 9.59 Å². The van der Waals surface area contributed by atoms with Gasteiger partial charge in [0, 0.05) is 30.8 Å². The summed E-state index contributed by atoms with van der Waals surface area (Å²) in [6.45, 7) is 3.16. The van der Waals surface area contributed by atoms with Crippen molar-refractivity contribution < 1.29 is 22.7 Å². The topological polar surface area (TPSA) is 137 Å². The van der Waals surface area contributed by atoms with E-state index in [4.69, 9.17) is 10.00 Å². The van der Waals surface area contributed by atoms with E-state index in [1.165, 1.54) is 38.1 Å². The van der Waals surface area contributed by atoms with Gasteiger partial charge in [0.2, 0.25) is 21.8 Å². The summed E-state index contributed by atoms with van der Waals surface area (Å²) < 4.78 is 32.9. The summed E-state index contributed by atoms with van der Waals surface area (Å²) in [6, 6.07) is 13.3. The molecule has 0 aliphatic carbocycles. The van der Waals surface area contributed by atoms with E-state index in [0.717, 1.165) is 0 Å². The summed E-state index contributed by atoms with van der Waals surface area (Å²) in [6.07, 6.45) is 0.988. The monoisotopic (exact) mass is 444 g/mol. The van der Waals surface area contributed by atoms with E-state index in [-0.39, 0.29) is 10.8 Å². The van der Waals surface area contributed by atoms with E-state index in [0.29, 0.717) is 36.6 Å². The molecule has 0 saturated carbocycles. The second-order valence-corrected chi connectivity index (χ2v) is 8.39. The van der Waals surface area contributed by atoms with Crippen LogP contribution in [0.15, 0.2) is 53.4 Å². The molecule has 3 N–H and O–H groups in total. The number of rotatable bonds is 10. The fourth-order valence-electron chi connectivity index (χ4n) is 2.53. The van der Waals surface area contributed by atoms with E-state index >= 15 is 0 Å². The van der Waals surface area contributed by atoms with Gasteiger partial charge in [-0.05, 0) is 49.7 Å². The van der Waals surface area contributed by atoms with Gasteiger partial charge in [0.1, 0.15) is 5.75 Å². The molecule has 31 heavy (non-hydrogen) atoms. The molecule has 0 bridgehead atoms. The van der Waals surface area contributed by atoms with Crippen molar-refractivity contribution in [2.75, 3.05) is 17.2 Å². The van der Waals surface area contributed by atoms with Gasteiger partial charge < -0.3 is 15.4 Å². The molecule has 2 aromatic carbocycles. The van der Waals surface area contributed by atoms with Gasteiger partial charge in [0.25, 0.3) is 0 Å². The fourth-order valence-corrected chi connectivity index (χ4v) is 3.73. The summed E-state index contributed by atoms with van der Waals surface area (Å²) in [5, 5.41) is 13.7. The van der Waals surface area contributed by atoms with E-state index in [2.05, 4.69) is 15.4 Å². The molecule has 0 spiro atoms. The lowest BCUT2D eigenvalue weighted by atomic mass is 10.2. The molecule has 10 heteroatoms. The van der Waals surface area contributed by atoms with Crippen molar-refractivity contribution in [1.82, 2.24) is 4.72 Å². The molecule has 2 aromatic rings. The largest absolute Gasteiger partial charge is 0.493 e. The van der Waals surface area contributed by atoms with Crippen LogP contribution in [0.1, 0.15) is 26.7 Å². The number of nitrogens with zero attached hydrogens (tertiary/aromatic N) is 1. The lowest BCUT2D eigenvalue weighted by Gasteiger charge is -2.15. The summed E-state index contributed by atoms with van der Waals surface area (Å²) >= 11 is 0. The van der Waals surface area contributed by atoms with Gasteiger partial charge in [-0.1, -0.05) is 6.07 Å². The SMILES string of the molecule is CC(=O)Nc1ccc(S(=O)(=O)N[C@@H](C)C(=O)Nc2cccc(OCCCC#N)c2)cc1. The first-order valence-electron chi connectivity index (χ1n) is 9.52. The van der Waals surface area contributed by atoms with Crippen LogP contribution in [-0.2, 0) is 19.6 Å². The third-order valence-corrected chi connectivity index (χ3v) is 5.57. The van der Waals surface area contributed by atoms with Gasteiger partial charge >= 0.3 is 0 Å². The Hall–Kier alpha value is -3.42. The van der Waals surface area contributed by atoms with E-state index in [1.807, 2.05) is 6.07 Å². The Kier molecular flexibility index (Phi) is 8.54. The van der Waals surface area contributed by atoms with Crippen molar-refractivity contribution in [3.05, 3.63) is 48.5 Å². The Labute approximate surface area is 181 Å². The van der Waals surface area contributed by atoms with Crippen molar-refractivity contribution in [2.24, 2.45) is 0 Å². The molecule has 2 amide bonds. The van der Waals surface area contributed by atoms with E-state index in [9.17, 15) is 18.0 Å². The van der Waals surface area contributed by atoms with Crippen molar-refractivity contribution in [2.45, 2.75) is 37.6 Å². The molecule has 0 radical (unpaired) electrons. The highest BCUT2D eigenvalue weighted by Crippen LogP contribution is 2.18. The molecule has 0 unspecified atom stereocenters. The number of carbonyl (C=O) groups is 2.